The molecule has 19 heavy (non-hydrogen) atoms. The van der Waals surface area contributed by atoms with E-state index < -0.39 is 7.12 Å². The van der Waals surface area contributed by atoms with Crippen LogP contribution < -0.4 is 10.2 Å². The fourth-order valence-corrected chi connectivity index (χ4v) is 2.64. The molecule has 0 N–H and O–H groups in total. The van der Waals surface area contributed by atoms with Gasteiger partial charge in [-0.15, -0.1) is 0 Å². The van der Waals surface area contributed by atoms with Gasteiger partial charge in [0.2, 0.25) is 0 Å². The van der Waals surface area contributed by atoms with E-state index in [1.807, 2.05) is 26.0 Å². The van der Waals surface area contributed by atoms with Crippen LogP contribution in [-0.2, 0) is 15.7 Å². The standard InChI is InChI=1S/C14H17BO4/c1-14(2)8-18-15(19-14)11-6-9-4-5-12(16)10(9)7-13(11)17-3/h6-7H,4-5,8H2,1-3H3. The van der Waals surface area contributed by atoms with Crippen LogP contribution in [-0.4, -0.2) is 32.2 Å². The van der Waals surface area contributed by atoms with E-state index in [1.165, 1.54) is 0 Å². The van der Waals surface area contributed by atoms with Gasteiger partial charge in [0.15, 0.2) is 5.78 Å². The number of hydrogen-bond acceptors (Lipinski definition) is 4. The molecular weight excluding hydrogens is 243 g/mol. The van der Waals surface area contributed by atoms with Gasteiger partial charge >= 0.3 is 7.12 Å². The summed E-state index contributed by atoms with van der Waals surface area (Å²) in [5.74, 6) is 0.852. The molecule has 0 unspecified atom stereocenters. The smallest absolute Gasteiger partial charge is 0.497 e. The SMILES string of the molecule is COc1cc2c(cc1B1OCC(C)(C)O1)CCC2=O. The summed E-state index contributed by atoms with van der Waals surface area (Å²) >= 11 is 0. The van der Waals surface area contributed by atoms with E-state index in [0.29, 0.717) is 18.8 Å². The van der Waals surface area contributed by atoms with E-state index in [9.17, 15) is 4.79 Å². The molecule has 1 heterocycles. The molecular formula is C14H17BO4. The van der Waals surface area contributed by atoms with Crippen molar-refractivity contribution in [3.05, 3.63) is 23.3 Å². The molecule has 0 atom stereocenters. The Kier molecular flexibility index (Phi) is 2.91. The predicted octanol–water partition coefficient (Wildman–Crippen LogP) is 1.34. The number of carbonyl (C=O) groups is 1. The van der Waals surface area contributed by atoms with Gasteiger partial charge in [-0.3, -0.25) is 4.79 Å². The summed E-state index contributed by atoms with van der Waals surface area (Å²) in [6.07, 6.45) is 1.38. The number of ether oxygens (including phenoxy) is 1. The van der Waals surface area contributed by atoms with E-state index in [0.717, 1.165) is 23.0 Å². The minimum atomic E-state index is -0.411. The van der Waals surface area contributed by atoms with Crippen molar-refractivity contribution >= 4 is 18.4 Å². The highest BCUT2D eigenvalue weighted by Gasteiger charge is 2.40. The fraction of sp³-hybridized carbons (Fsp3) is 0.500. The average molecular weight is 260 g/mol. The van der Waals surface area contributed by atoms with Gasteiger partial charge < -0.3 is 14.0 Å². The first-order valence-electron chi connectivity index (χ1n) is 6.53. The van der Waals surface area contributed by atoms with Crippen molar-refractivity contribution in [1.29, 1.82) is 0 Å². The third-order valence-corrected chi connectivity index (χ3v) is 3.64. The largest absolute Gasteiger partial charge is 0.498 e. The van der Waals surface area contributed by atoms with Crippen molar-refractivity contribution in [2.45, 2.75) is 32.3 Å². The molecule has 0 spiro atoms. The zero-order valence-electron chi connectivity index (χ0n) is 11.5. The molecule has 0 radical (unpaired) electrons. The van der Waals surface area contributed by atoms with Crippen LogP contribution in [0.1, 0.15) is 36.2 Å². The molecule has 1 fully saturated rings. The Labute approximate surface area is 113 Å². The van der Waals surface area contributed by atoms with Crippen molar-refractivity contribution in [2.24, 2.45) is 0 Å². The van der Waals surface area contributed by atoms with Crippen LogP contribution in [0.4, 0.5) is 0 Å². The highest BCUT2D eigenvalue weighted by Crippen LogP contribution is 2.28. The molecule has 1 saturated heterocycles. The molecule has 1 aromatic rings. The van der Waals surface area contributed by atoms with Crippen LogP contribution in [0.15, 0.2) is 12.1 Å². The molecule has 1 aliphatic heterocycles. The number of hydrogen-bond donors (Lipinski definition) is 0. The lowest BCUT2D eigenvalue weighted by atomic mass is 9.77. The van der Waals surface area contributed by atoms with Gasteiger partial charge in [0.25, 0.3) is 0 Å². The van der Waals surface area contributed by atoms with E-state index in [-0.39, 0.29) is 11.4 Å². The molecule has 0 amide bonds. The molecule has 100 valence electrons. The lowest BCUT2D eigenvalue weighted by Crippen LogP contribution is -2.35. The van der Waals surface area contributed by atoms with Crippen molar-refractivity contribution in [3.8, 4) is 5.75 Å². The molecule has 3 rings (SSSR count). The molecule has 0 bridgehead atoms. The lowest BCUT2D eigenvalue weighted by molar-refractivity contribution is 0.0994. The summed E-state index contributed by atoms with van der Waals surface area (Å²) in [5, 5.41) is 0. The second kappa shape index (κ2) is 4.35. The van der Waals surface area contributed by atoms with E-state index >= 15 is 0 Å². The quantitative estimate of drug-likeness (QED) is 0.753. The molecule has 2 aliphatic rings. The van der Waals surface area contributed by atoms with Crippen LogP contribution in [0.5, 0.6) is 5.75 Å². The number of rotatable bonds is 2. The lowest BCUT2D eigenvalue weighted by Gasteiger charge is -2.17. The topological polar surface area (TPSA) is 44.8 Å². The number of aryl methyl sites for hydroxylation is 1. The first-order valence-corrected chi connectivity index (χ1v) is 6.53. The normalized spacial score (nSPS) is 20.8. The molecule has 0 aromatic heterocycles. The first-order chi connectivity index (χ1) is 9.00. The number of Topliss-reactive ketones (excluding diaryl/α,β-unsaturated/α-hetero) is 1. The van der Waals surface area contributed by atoms with E-state index in [2.05, 4.69) is 0 Å². The van der Waals surface area contributed by atoms with Crippen LogP contribution in [0.2, 0.25) is 0 Å². The van der Waals surface area contributed by atoms with E-state index in [4.69, 9.17) is 14.0 Å². The molecule has 4 nitrogen and oxygen atoms in total. The maximum atomic E-state index is 11.8. The fourth-order valence-electron chi connectivity index (χ4n) is 2.64. The third-order valence-electron chi connectivity index (χ3n) is 3.64. The second-order valence-electron chi connectivity index (χ2n) is 5.69. The average Bonchev–Trinajstić information content (AvgIpc) is 2.91. The summed E-state index contributed by atoms with van der Waals surface area (Å²) in [7, 11) is 1.19. The number of benzene rings is 1. The molecule has 0 saturated carbocycles. The molecule has 5 heteroatoms. The highest BCUT2D eigenvalue weighted by molar-refractivity contribution is 6.63. The van der Waals surface area contributed by atoms with Gasteiger partial charge in [-0.2, -0.15) is 0 Å². The van der Waals surface area contributed by atoms with Gasteiger partial charge in [0.1, 0.15) is 5.75 Å². The van der Waals surface area contributed by atoms with Gasteiger partial charge in [-0.25, -0.2) is 0 Å². The number of methoxy groups -OCH3 is 1. The van der Waals surface area contributed by atoms with Crippen molar-refractivity contribution in [1.82, 2.24) is 0 Å². The summed E-state index contributed by atoms with van der Waals surface area (Å²) in [5.41, 5.74) is 2.43. The van der Waals surface area contributed by atoms with Gasteiger partial charge in [-0.1, -0.05) is 6.07 Å². The maximum Gasteiger partial charge on any atom is 0.498 e. The number of fused-ring (bicyclic) bond motifs is 1. The molecule has 1 aromatic carbocycles. The monoisotopic (exact) mass is 260 g/mol. The predicted molar refractivity (Wildman–Crippen MR) is 72.1 cm³/mol. The summed E-state index contributed by atoms with van der Waals surface area (Å²) in [4.78, 5) is 11.8. The molecule has 1 aliphatic carbocycles. The summed E-state index contributed by atoms with van der Waals surface area (Å²) in [6, 6.07) is 3.81. The minimum Gasteiger partial charge on any atom is -0.497 e. The van der Waals surface area contributed by atoms with Crippen LogP contribution in [0, 0.1) is 0 Å². The van der Waals surface area contributed by atoms with Gasteiger partial charge in [-0.05, 0) is 31.9 Å². The second-order valence-corrected chi connectivity index (χ2v) is 5.69. The van der Waals surface area contributed by atoms with Gasteiger partial charge in [0, 0.05) is 17.4 Å². The number of ketones is 1. The Bertz CT molecular complexity index is 538. The third kappa shape index (κ3) is 2.17. The zero-order valence-corrected chi connectivity index (χ0v) is 11.5. The van der Waals surface area contributed by atoms with Gasteiger partial charge in [0.05, 0.1) is 19.3 Å². The van der Waals surface area contributed by atoms with Crippen molar-refractivity contribution in [2.75, 3.05) is 13.7 Å². The Morgan fingerprint density at radius 1 is 1.32 bits per heavy atom. The van der Waals surface area contributed by atoms with Crippen molar-refractivity contribution < 1.29 is 18.8 Å². The van der Waals surface area contributed by atoms with Crippen LogP contribution in [0.25, 0.3) is 0 Å². The Morgan fingerprint density at radius 3 is 2.74 bits per heavy atom. The highest BCUT2D eigenvalue weighted by atomic mass is 16.7. The van der Waals surface area contributed by atoms with Crippen molar-refractivity contribution in [3.63, 3.8) is 0 Å². The first kappa shape index (κ1) is 12.7. The summed E-state index contributed by atoms with van der Waals surface area (Å²) in [6.45, 7) is 4.55. The number of carbonyl (C=O) groups excluding carboxylic acids is 1. The van der Waals surface area contributed by atoms with Crippen LogP contribution >= 0.6 is 0 Å². The minimum absolute atomic E-state index is 0.188. The zero-order chi connectivity index (χ0) is 13.6. The Balaban J connectivity index is 2.00. The van der Waals surface area contributed by atoms with E-state index in [1.54, 1.807) is 7.11 Å². The Morgan fingerprint density at radius 2 is 2.11 bits per heavy atom. The Hall–Kier alpha value is -1.33. The maximum absolute atomic E-state index is 11.8. The van der Waals surface area contributed by atoms with Crippen LogP contribution in [0.3, 0.4) is 0 Å². The summed E-state index contributed by atoms with van der Waals surface area (Å²) < 4.78 is 17.0.